The molecule has 0 unspecified atom stereocenters. The lowest BCUT2D eigenvalue weighted by Crippen LogP contribution is -2.17. The van der Waals surface area contributed by atoms with Crippen LogP contribution in [0.4, 0.5) is 4.39 Å². The molecule has 2 nitrogen and oxygen atoms in total. The van der Waals surface area contributed by atoms with Crippen LogP contribution in [-0.4, -0.2) is 9.55 Å². The van der Waals surface area contributed by atoms with E-state index in [0.717, 1.165) is 23.5 Å². The van der Waals surface area contributed by atoms with Crippen LogP contribution in [0.2, 0.25) is 0 Å². The van der Waals surface area contributed by atoms with Crippen LogP contribution in [-0.2, 0) is 6.54 Å². The first kappa shape index (κ1) is 14.5. The van der Waals surface area contributed by atoms with Gasteiger partial charge in [0.25, 0.3) is 0 Å². The number of benzene rings is 1. The molecular weight excluding hydrogens is 386 g/mol. The van der Waals surface area contributed by atoms with Crippen LogP contribution in [0.5, 0.6) is 0 Å². The molecule has 1 aliphatic rings. The van der Waals surface area contributed by atoms with E-state index in [4.69, 9.17) is 12.2 Å². The summed E-state index contributed by atoms with van der Waals surface area (Å²) in [6.45, 7) is 3.23. The molecule has 0 bridgehead atoms. The van der Waals surface area contributed by atoms with E-state index in [0.29, 0.717) is 14.3 Å². The largest absolute Gasteiger partial charge is 0.331 e. The molecule has 2 aromatic rings. The van der Waals surface area contributed by atoms with Crippen molar-refractivity contribution in [3.8, 4) is 0 Å². The summed E-state index contributed by atoms with van der Waals surface area (Å²) < 4.78 is 17.2. The molecule has 0 amide bonds. The number of H-pyrrole nitrogens is 1. The number of halogens is 2. The van der Waals surface area contributed by atoms with Gasteiger partial charge >= 0.3 is 0 Å². The predicted molar refractivity (Wildman–Crippen MR) is 90.9 cm³/mol. The molecule has 1 N–H and O–H groups in total. The molecule has 0 radical (unpaired) electrons. The summed E-state index contributed by atoms with van der Waals surface area (Å²) in [6, 6.07) is 3.44. The predicted octanol–water partition coefficient (Wildman–Crippen LogP) is 5.27. The second-order valence-electron chi connectivity index (χ2n) is 5.95. The normalized spacial score (nSPS) is 23.4. The number of hydrogen-bond acceptors (Lipinski definition) is 1. The van der Waals surface area contributed by atoms with Crippen molar-refractivity contribution >= 4 is 45.8 Å². The number of aromatic amines is 1. The average Bonchev–Trinajstić information content (AvgIpc) is 2.69. The molecule has 108 valence electrons. The van der Waals surface area contributed by atoms with E-state index < -0.39 is 0 Å². The molecule has 1 fully saturated rings. The van der Waals surface area contributed by atoms with Gasteiger partial charge in [-0.25, -0.2) is 4.39 Å². The van der Waals surface area contributed by atoms with E-state index in [1.807, 2.05) is 28.7 Å². The number of hydrogen-bond donors (Lipinski definition) is 1. The van der Waals surface area contributed by atoms with Crippen molar-refractivity contribution in [1.29, 1.82) is 0 Å². The third-order valence-corrected chi connectivity index (χ3v) is 5.54. The van der Waals surface area contributed by atoms with Gasteiger partial charge in [-0.2, -0.15) is 0 Å². The highest BCUT2D eigenvalue weighted by Crippen LogP contribution is 2.30. The van der Waals surface area contributed by atoms with Gasteiger partial charge in [-0.15, -0.1) is 0 Å². The molecule has 0 atom stereocenters. The van der Waals surface area contributed by atoms with Crippen LogP contribution >= 0.6 is 34.8 Å². The zero-order valence-corrected chi connectivity index (χ0v) is 14.4. The van der Waals surface area contributed by atoms with Crippen LogP contribution in [0.1, 0.15) is 32.6 Å². The minimum absolute atomic E-state index is 0.168. The first-order valence-electron chi connectivity index (χ1n) is 7.12. The monoisotopic (exact) mass is 404 g/mol. The first-order chi connectivity index (χ1) is 9.54. The van der Waals surface area contributed by atoms with Crippen LogP contribution < -0.4 is 0 Å². The Kier molecular flexibility index (Phi) is 4.17. The van der Waals surface area contributed by atoms with Crippen molar-refractivity contribution in [3.05, 3.63) is 26.3 Å². The van der Waals surface area contributed by atoms with Gasteiger partial charge in [0.1, 0.15) is 5.82 Å². The van der Waals surface area contributed by atoms with Crippen molar-refractivity contribution < 1.29 is 4.39 Å². The van der Waals surface area contributed by atoms with Crippen LogP contribution in [0.3, 0.4) is 0 Å². The second-order valence-corrected chi connectivity index (χ2v) is 7.50. The Balaban J connectivity index is 1.93. The van der Waals surface area contributed by atoms with Gasteiger partial charge in [0.05, 0.1) is 14.6 Å². The fraction of sp³-hybridized carbons (Fsp3) is 0.533. The summed E-state index contributed by atoms with van der Waals surface area (Å²) in [5.74, 6) is 1.35. The number of aromatic nitrogens is 2. The highest BCUT2D eigenvalue weighted by atomic mass is 127. The molecule has 1 heterocycles. The number of nitrogens with one attached hydrogen (secondary N) is 1. The van der Waals surface area contributed by atoms with Gasteiger partial charge in [0.2, 0.25) is 0 Å². The van der Waals surface area contributed by atoms with E-state index in [1.165, 1.54) is 25.7 Å². The van der Waals surface area contributed by atoms with Crippen molar-refractivity contribution in [2.45, 2.75) is 39.2 Å². The summed E-state index contributed by atoms with van der Waals surface area (Å²) in [6.07, 6.45) is 5.10. The van der Waals surface area contributed by atoms with E-state index in [9.17, 15) is 4.39 Å². The lowest BCUT2D eigenvalue weighted by molar-refractivity contribution is 0.266. The molecule has 1 aromatic heterocycles. The third-order valence-electron chi connectivity index (χ3n) is 4.39. The highest BCUT2D eigenvalue weighted by Gasteiger charge is 2.20. The van der Waals surface area contributed by atoms with Gasteiger partial charge in [-0.3, -0.25) is 0 Å². The molecule has 20 heavy (non-hydrogen) atoms. The Labute approximate surface area is 136 Å². The Morgan fingerprint density at radius 2 is 2.05 bits per heavy atom. The van der Waals surface area contributed by atoms with E-state index >= 15 is 0 Å². The lowest BCUT2D eigenvalue weighted by Gasteiger charge is -2.26. The minimum Gasteiger partial charge on any atom is -0.331 e. The standard InChI is InChI=1S/C15H18FIN2S/c1-9-2-4-10(5-3-9)8-19-14-6-11(16)12(17)7-13(14)18-15(19)20/h6-7,9-10H,2-5,8H2,1H3,(H,18,20). The van der Waals surface area contributed by atoms with Gasteiger partial charge in [-0.05, 0) is 65.6 Å². The SMILES string of the molecule is CC1CCC(Cn2c(=S)[nH]c3cc(I)c(F)cc32)CC1. The van der Waals surface area contributed by atoms with Crippen LogP contribution in [0, 0.1) is 26.0 Å². The maximum absolute atomic E-state index is 13.8. The molecule has 1 aliphatic carbocycles. The Hall–Kier alpha value is -0.430. The van der Waals surface area contributed by atoms with Crippen molar-refractivity contribution in [3.63, 3.8) is 0 Å². The number of nitrogens with zero attached hydrogens (tertiary/aromatic N) is 1. The molecule has 1 saturated carbocycles. The van der Waals surface area contributed by atoms with Gasteiger partial charge in [-0.1, -0.05) is 19.8 Å². The smallest absolute Gasteiger partial charge is 0.178 e. The fourth-order valence-electron chi connectivity index (χ4n) is 3.10. The van der Waals surface area contributed by atoms with E-state index in [2.05, 4.69) is 16.5 Å². The maximum Gasteiger partial charge on any atom is 0.178 e. The Bertz CT molecular complexity index is 683. The van der Waals surface area contributed by atoms with E-state index in [-0.39, 0.29) is 5.82 Å². The maximum atomic E-state index is 13.8. The van der Waals surface area contributed by atoms with E-state index in [1.54, 1.807) is 6.07 Å². The summed E-state index contributed by atoms with van der Waals surface area (Å²) in [5, 5.41) is 0. The summed E-state index contributed by atoms with van der Waals surface area (Å²) in [7, 11) is 0. The molecule has 1 aromatic carbocycles. The van der Waals surface area contributed by atoms with Crippen LogP contribution in [0.25, 0.3) is 11.0 Å². The Morgan fingerprint density at radius 1 is 1.35 bits per heavy atom. The first-order valence-corrected chi connectivity index (χ1v) is 8.61. The van der Waals surface area contributed by atoms with Crippen molar-refractivity contribution in [2.24, 2.45) is 11.8 Å². The Morgan fingerprint density at radius 3 is 2.75 bits per heavy atom. The van der Waals surface area contributed by atoms with Gasteiger partial charge < -0.3 is 9.55 Å². The minimum atomic E-state index is -0.168. The summed E-state index contributed by atoms with van der Waals surface area (Å²) >= 11 is 7.43. The third kappa shape index (κ3) is 2.79. The zero-order chi connectivity index (χ0) is 14.3. The zero-order valence-electron chi connectivity index (χ0n) is 11.5. The fourth-order valence-corrected chi connectivity index (χ4v) is 3.85. The highest BCUT2D eigenvalue weighted by molar-refractivity contribution is 14.1. The number of imidazole rings is 1. The average molecular weight is 404 g/mol. The molecule has 0 aliphatic heterocycles. The second kappa shape index (κ2) is 5.75. The summed E-state index contributed by atoms with van der Waals surface area (Å²) in [5.41, 5.74) is 1.83. The lowest BCUT2D eigenvalue weighted by atomic mass is 9.83. The molecule has 5 heteroatoms. The van der Waals surface area contributed by atoms with Crippen LogP contribution in [0.15, 0.2) is 12.1 Å². The van der Waals surface area contributed by atoms with Crippen molar-refractivity contribution in [2.75, 3.05) is 0 Å². The van der Waals surface area contributed by atoms with Gasteiger partial charge in [0, 0.05) is 12.6 Å². The molecule has 0 spiro atoms. The molecule has 3 rings (SSSR count). The molecular formula is C15H18FIN2S. The quantitative estimate of drug-likeness (QED) is 0.534. The number of rotatable bonds is 2. The molecule has 0 saturated heterocycles. The van der Waals surface area contributed by atoms with Crippen molar-refractivity contribution in [1.82, 2.24) is 9.55 Å². The van der Waals surface area contributed by atoms with Gasteiger partial charge in [0.15, 0.2) is 4.77 Å². The summed E-state index contributed by atoms with van der Waals surface area (Å²) in [4.78, 5) is 3.20. The number of fused-ring (bicyclic) bond motifs is 1. The topological polar surface area (TPSA) is 20.7 Å².